The van der Waals surface area contributed by atoms with Crippen molar-refractivity contribution in [2.24, 2.45) is 0 Å². The van der Waals surface area contributed by atoms with Crippen LogP contribution in [0.2, 0.25) is 0 Å². The van der Waals surface area contributed by atoms with Crippen LogP contribution >= 0.6 is 0 Å². The highest BCUT2D eigenvalue weighted by Crippen LogP contribution is 2.13. The number of amides is 1. The van der Waals surface area contributed by atoms with Crippen molar-refractivity contribution in [2.75, 3.05) is 5.73 Å². The van der Waals surface area contributed by atoms with Crippen molar-refractivity contribution in [3.05, 3.63) is 54.0 Å². The first-order chi connectivity index (χ1) is 8.68. The number of pyridine rings is 2. The van der Waals surface area contributed by atoms with Gasteiger partial charge in [-0.1, -0.05) is 6.07 Å². The minimum Gasteiger partial charge on any atom is -0.383 e. The summed E-state index contributed by atoms with van der Waals surface area (Å²) in [4.78, 5) is 19.9. The van der Waals surface area contributed by atoms with Crippen LogP contribution in [0, 0.1) is 0 Å². The van der Waals surface area contributed by atoms with Gasteiger partial charge in [-0.25, -0.2) is 4.98 Å². The van der Waals surface area contributed by atoms with Gasteiger partial charge in [0, 0.05) is 18.6 Å². The highest BCUT2D eigenvalue weighted by molar-refractivity contribution is 5.98. The highest BCUT2D eigenvalue weighted by Gasteiger charge is 2.13. The van der Waals surface area contributed by atoms with Gasteiger partial charge in [0.05, 0.1) is 11.6 Å². The van der Waals surface area contributed by atoms with Crippen molar-refractivity contribution in [3.8, 4) is 0 Å². The molecule has 0 saturated heterocycles. The van der Waals surface area contributed by atoms with Crippen molar-refractivity contribution < 1.29 is 4.79 Å². The van der Waals surface area contributed by atoms with Crippen LogP contribution in [-0.2, 0) is 0 Å². The Kier molecular flexibility index (Phi) is 3.52. The van der Waals surface area contributed by atoms with E-state index < -0.39 is 0 Å². The van der Waals surface area contributed by atoms with E-state index in [9.17, 15) is 4.79 Å². The fourth-order valence-electron chi connectivity index (χ4n) is 1.60. The summed E-state index contributed by atoms with van der Waals surface area (Å²) in [6.07, 6.45) is 4.96. The van der Waals surface area contributed by atoms with E-state index in [4.69, 9.17) is 5.73 Å². The summed E-state index contributed by atoms with van der Waals surface area (Å²) in [5, 5.41) is 2.85. The van der Waals surface area contributed by atoms with Gasteiger partial charge in [-0.3, -0.25) is 9.78 Å². The number of nitrogen functional groups attached to an aromatic ring is 1. The molecule has 5 nitrogen and oxygen atoms in total. The Balaban J connectivity index is 2.11. The SMILES string of the molecule is CC(NC(=O)c1cccnc1N)c1cccnc1. The third kappa shape index (κ3) is 2.63. The third-order valence-electron chi connectivity index (χ3n) is 2.62. The van der Waals surface area contributed by atoms with Crippen LogP contribution in [0.4, 0.5) is 5.82 Å². The van der Waals surface area contributed by atoms with E-state index in [0.29, 0.717) is 5.56 Å². The second kappa shape index (κ2) is 5.27. The standard InChI is InChI=1S/C13H14N4O/c1-9(10-4-2-6-15-8-10)17-13(18)11-5-3-7-16-12(11)14/h2-9H,1H3,(H2,14,16)(H,17,18). The lowest BCUT2D eigenvalue weighted by Gasteiger charge is -2.14. The predicted molar refractivity (Wildman–Crippen MR) is 68.8 cm³/mol. The second-order valence-corrected chi connectivity index (χ2v) is 3.92. The van der Waals surface area contributed by atoms with Gasteiger partial charge in [-0.2, -0.15) is 0 Å². The summed E-state index contributed by atoms with van der Waals surface area (Å²) in [5.41, 5.74) is 6.97. The van der Waals surface area contributed by atoms with Gasteiger partial charge in [0.2, 0.25) is 0 Å². The molecular weight excluding hydrogens is 228 g/mol. The van der Waals surface area contributed by atoms with E-state index in [-0.39, 0.29) is 17.8 Å². The summed E-state index contributed by atoms with van der Waals surface area (Å²) in [5.74, 6) is -0.00894. The second-order valence-electron chi connectivity index (χ2n) is 3.92. The number of hydrogen-bond acceptors (Lipinski definition) is 4. The van der Waals surface area contributed by atoms with Gasteiger partial charge in [-0.15, -0.1) is 0 Å². The molecular formula is C13H14N4O. The smallest absolute Gasteiger partial charge is 0.255 e. The molecule has 1 atom stereocenters. The average molecular weight is 242 g/mol. The van der Waals surface area contributed by atoms with Crippen LogP contribution in [0.1, 0.15) is 28.9 Å². The van der Waals surface area contributed by atoms with Gasteiger partial charge in [0.1, 0.15) is 5.82 Å². The quantitative estimate of drug-likeness (QED) is 0.855. The number of hydrogen-bond donors (Lipinski definition) is 2. The van der Waals surface area contributed by atoms with Crippen LogP contribution < -0.4 is 11.1 Å². The van der Waals surface area contributed by atoms with E-state index in [1.807, 2.05) is 19.1 Å². The number of nitrogens with two attached hydrogens (primary N) is 1. The number of nitrogens with zero attached hydrogens (tertiary/aromatic N) is 2. The lowest BCUT2D eigenvalue weighted by Crippen LogP contribution is -2.27. The zero-order valence-corrected chi connectivity index (χ0v) is 10.00. The van der Waals surface area contributed by atoms with Crippen LogP contribution in [0.15, 0.2) is 42.9 Å². The van der Waals surface area contributed by atoms with Crippen molar-refractivity contribution in [3.63, 3.8) is 0 Å². The molecule has 3 N–H and O–H groups in total. The van der Waals surface area contributed by atoms with Crippen molar-refractivity contribution in [2.45, 2.75) is 13.0 Å². The van der Waals surface area contributed by atoms with Gasteiger partial charge in [0.15, 0.2) is 0 Å². The first-order valence-electron chi connectivity index (χ1n) is 5.60. The molecule has 0 aromatic carbocycles. The predicted octanol–water partition coefficient (Wildman–Crippen LogP) is 1.55. The molecule has 0 aliphatic carbocycles. The summed E-state index contributed by atoms with van der Waals surface area (Å²) in [6, 6.07) is 6.93. The number of nitrogens with one attached hydrogen (secondary N) is 1. The molecule has 2 aromatic rings. The van der Waals surface area contributed by atoms with Gasteiger partial charge in [-0.05, 0) is 30.7 Å². The van der Waals surface area contributed by atoms with Crippen LogP contribution in [0.5, 0.6) is 0 Å². The number of rotatable bonds is 3. The Labute approximate surface area is 105 Å². The first-order valence-corrected chi connectivity index (χ1v) is 5.60. The molecule has 0 fully saturated rings. The van der Waals surface area contributed by atoms with E-state index in [0.717, 1.165) is 5.56 Å². The maximum Gasteiger partial charge on any atom is 0.255 e. The monoisotopic (exact) mass is 242 g/mol. The van der Waals surface area contributed by atoms with E-state index >= 15 is 0 Å². The molecule has 0 saturated carbocycles. The Morgan fingerprint density at radius 1 is 1.33 bits per heavy atom. The molecule has 18 heavy (non-hydrogen) atoms. The van der Waals surface area contributed by atoms with E-state index in [1.165, 1.54) is 0 Å². The van der Waals surface area contributed by atoms with E-state index in [1.54, 1.807) is 30.7 Å². The number of aromatic nitrogens is 2. The molecule has 2 rings (SSSR count). The maximum absolute atomic E-state index is 12.0. The normalized spacial score (nSPS) is 11.8. The van der Waals surface area contributed by atoms with Crippen LogP contribution in [0.3, 0.4) is 0 Å². The molecule has 5 heteroatoms. The van der Waals surface area contributed by atoms with Gasteiger partial charge >= 0.3 is 0 Å². The number of carbonyl (C=O) groups is 1. The van der Waals surface area contributed by atoms with Crippen molar-refractivity contribution >= 4 is 11.7 Å². The minimum absolute atomic E-state index is 0.134. The summed E-state index contributed by atoms with van der Waals surface area (Å²) in [7, 11) is 0. The maximum atomic E-state index is 12.0. The lowest BCUT2D eigenvalue weighted by atomic mass is 10.1. The summed E-state index contributed by atoms with van der Waals surface area (Å²) < 4.78 is 0. The Hall–Kier alpha value is -2.43. The average Bonchev–Trinajstić information content (AvgIpc) is 2.40. The first kappa shape index (κ1) is 12.0. The van der Waals surface area contributed by atoms with Crippen molar-refractivity contribution in [1.82, 2.24) is 15.3 Å². The summed E-state index contributed by atoms with van der Waals surface area (Å²) >= 11 is 0. The third-order valence-corrected chi connectivity index (χ3v) is 2.62. The molecule has 0 radical (unpaired) electrons. The van der Waals surface area contributed by atoms with Gasteiger partial charge in [0.25, 0.3) is 5.91 Å². The fraction of sp³-hybridized carbons (Fsp3) is 0.154. The fourth-order valence-corrected chi connectivity index (χ4v) is 1.60. The molecule has 0 spiro atoms. The minimum atomic E-state index is -0.239. The molecule has 2 heterocycles. The topological polar surface area (TPSA) is 80.9 Å². The molecule has 92 valence electrons. The Morgan fingerprint density at radius 2 is 2.11 bits per heavy atom. The number of carbonyl (C=O) groups excluding carboxylic acids is 1. The van der Waals surface area contributed by atoms with Crippen molar-refractivity contribution in [1.29, 1.82) is 0 Å². The van der Waals surface area contributed by atoms with Crippen LogP contribution in [0.25, 0.3) is 0 Å². The number of anilines is 1. The Bertz CT molecular complexity index is 542. The lowest BCUT2D eigenvalue weighted by molar-refractivity contribution is 0.0940. The molecule has 0 aliphatic rings. The zero-order valence-electron chi connectivity index (χ0n) is 10.00. The molecule has 0 aliphatic heterocycles. The van der Waals surface area contributed by atoms with E-state index in [2.05, 4.69) is 15.3 Å². The molecule has 1 unspecified atom stereocenters. The molecule has 2 aromatic heterocycles. The highest BCUT2D eigenvalue weighted by atomic mass is 16.1. The summed E-state index contributed by atoms with van der Waals surface area (Å²) in [6.45, 7) is 1.89. The molecule has 1 amide bonds. The van der Waals surface area contributed by atoms with Gasteiger partial charge < -0.3 is 11.1 Å². The van der Waals surface area contributed by atoms with Crippen LogP contribution in [-0.4, -0.2) is 15.9 Å². The largest absolute Gasteiger partial charge is 0.383 e. The zero-order chi connectivity index (χ0) is 13.0. The Morgan fingerprint density at radius 3 is 2.78 bits per heavy atom. The molecule has 0 bridgehead atoms.